The summed E-state index contributed by atoms with van der Waals surface area (Å²) in [5.74, 6) is -0.347. The number of benzene rings is 1. The van der Waals surface area contributed by atoms with E-state index in [1.807, 2.05) is 45.0 Å². The van der Waals surface area contributed by atoms with Gasteiger partial charge in [-0.15, -0.1) is 0 Å². The number of hydrogen-bond donors (Lipinski definition) is 1. The first-order chi connectivity index (χ1) is 9.74. The molecule has 1 rings (SSSR count). The van der Waals surface area contributed by atoms with Crippen molar-refractivity contribution in [2.75, 3.05) is 7.11 Å². The van der Waals surface area contributed by atoms with Crippen molar-refractivity contribution >= 4 is 11.9 Å². The molecule has 5 nitrogen and oxygen atoms in total. The number of methoxy groups -OCH3 is 1. The topological polar surface area (TPSA) is 66.8 Å². The fourth-order valence-electron chi connectivity index (χ4n) is 1.96. The van der Waals surface area contributed by atoms with Crippen LogP contribution in [0.5, 0.6) is 5.75 Å². The van der Waals surface area contributed by atoms with E-state index in [9.17, 15) is 9.59 Å². The molecule has 0 saturated heterocycles. The minimum absolute atomic E-state index is 0.0166. The van der Waals surface area contributed by atoms with E-state index in [0.717, 1.165) is 11.3 Å². The van der Waals surface area contributed by atoms with Crippen LogP contribution in [-0.4, -0.2) is 34.5 Å². The fourth-order valence-corrected chi connectivity index (χ4v) is 1.96. The van der Waals surface area contributed by atoms with Crippen molar-refractivity contribution in [3.05, 3.63) is 29.8 Å². The van der Waals surface area contributed by atoms with E-state index in [2.05, 4.69) is 0 Å². The van der Waals surface area contributed by atoms with Crippen molar-refractivity contribution in [2.45, 2.75) is 45.7 Å². The van der Waals surface area contributed by atoms with Crippen molar-refractivity contribution in [1.82, 2.24) is 4.90 Å². The first-order valence-electron chi connectivity index (χ1n) is 6.89. The average molecular weight is 293 g/mol. The lowest BCUT2D eigenvalue weighted by Gasteiger charge is -2.36. The molecule has 1 aromatic rings. The number of aliphatic carboxylic acids is 1. The number of carbonyl (C=O) groups excluding carboxylic acids is 1. The van der Waals surface area contributed by atoms with Crippen molar-refractivity contribution in [3.63, 3.8) is 0 Å². The predicted molar refractivity (Wildman–Crippen MR) is 80.2 cm³/mol. The lowest BCUT2D eigenvalue weighted by molar-refractivity contribution is -0.143. The molecule has 0 spiro atoms. The lowest BCUT2D eigenvalue weighted by Crippen LogP contribution is -2.45. The van der Waals surface area contributed by atoms with E-state index in [1.165, 1.54) is 0 Å². The summed E-state index contributed by atoms with van der Waals surface area (Å²) in [6.45, 7) is 6.27. The molecular weight excluding hydrogens is 270 g/mol. The van der Waals surface area contributed by atoms with Gasteiger partial charge in [0, 0.05) is 18.5 Å². The van der Waals surface area contributed by atoms with Gasteiger partial charge in [-0.25, -0.2) is 0 Å². The Morgan fingerprint density at radius 1 is 1.14 bits per heavy atom. The third kappa shape index (κ3) is 5.45. The highest BCUT2D eigenvalue weighted by atomic mass is 16.5. The molecule has 0 heterocycles. The maximum atomic E-state index is 12.3. The van der Waals surface area contributed by atoms with Crippen LogP contribution in [0.4, 0.5) is 0 Å². The van der Waals surface area contributed by atoms with Crippen molar-refractivity contribution < 1.29 is 19.4 Å². The van der Waals surface area contributed by atoms with Crippen LogP contribution in [0.3, 0.4) is 0 Å². The summed E-state index contributed by atoms with van der Waals surface area (Å²) in [5, 5.41) is 8.71. The van der Waals surface area contributed by atoms with Gasteiger partial charge in [0.15, 0.2) is 0 Å². The summed E-state index contributed by atoms with van der Waals surface area (Å²) in [6, 6.07) is 7.50. The maximum absolute atomic E-state index is 12.3. The first kappa shape index (κ1) is 17.0. The largest absolute Gasteiger partial charge is 0.497 e. The van der Waals surface area contributed by atoms with Gasteiger partial charge in [-0.3, -0.25) is 9.59 Å². The highest BCUT2D eigenvalue weighted by molar-refractivity contribution is 5.81. The minimum atomic E-state index is -0.957. The molecule has 0 bridgehead atoms. The van der Waals surface area contributed by atoms with E-state index in [4.69, 9.17) is 9.84 Å². The molecule has 0 aliphatic carbocycles. The van der Waals surface area contributed by atoms with E-state index in [0.29, 0.717) is 6.54 Å². The third-order valence-electron chi connectivity index (χ3n) is 3.16. The molecule has 5 heteroatoms. The summed E-state index contributed by atoms with van der Waals surface area (Å²) in [4.78, 5) is 24.6. The molecule has 0 aliphatic rings. The SMILES string of the molecule is COc1ccc(CN(C(=O)CCC(=O)O)C(C)(C)C)cc1. The van der Waals surface area contributed by atoms with Gasteiger partial charge < -0.3 is 14.7 Å². The van der Waals surface area contributed by atoms with Gasteiger partial charge in [0.2, 0.25) is 5.91 Å². The number of amides is 1. The highest BCUT2D eigenvalue weighted by Gasteiger charge is 2.26. The van der Waals surface area contributed by atoms with E-state index in [-0.39, 0.29) is 24.3 Å². The zero-order valence-electron chi connectivity index (χ0n) is 13.0. The zero-order valence-corrected chi connectivity index (χ0v) is 13.0. The number of carboxylic acid groups (broad SMARTS) is 1. The molecule has 0 radical (unpaired) electrons. The zero-order chi connectivity index (χ0) is 16.0. The van der Waals surface area contributed by atoms with Crippen molar-refractivity contribution in [3.8, 4) is 5.75 Å². The summed E-state index contributed by atoms with van der Waals surface area (Å²) in [5.41, 5.74) is 0.615. The Hall–Kier alpha value is -2.04. The number of hydrogen-bond acceptors (Lipinski definition) is 3. The average Bonchev–Trinajstić information content (AvgIpc) is 2.41. The Morgan fingerprint density at radius 2 is 1.71 bits per heavy atom. The van der Waals surface area contributed by atoms with Crippen LogP contribution < -0.4 is 4.74 Å². The van der Waals surface area contributed by atoms with Gasteiger partial charge >= 0.3 is 5.97 Å². The van der Waals surface area contributed by atoms with Crippen LogP contribution in [0.25, 0.3) is 0 Å². The molecule has 0 unspecified atom stereocenters. The Bertz CT molecular complexity index is 488. The Balaban J connectivity index is 2.82. The molecule has 0 aliphatic heterocycles. The fraction of sp³-hybridized carbons (Fsp3) is 0.500. The van der Waals surface area contributed by atoms with Crippen molar-refractivity contribution in [1.29, 1.82) is 0 Å². The standard InChI is InChI=1S/C16H23NO4/c1-16(2,3)17(14(18)9-10-15(19)20)11-12-5-7-13(21-4)8-6-12/h5-8H,9-11H2,1-4H3,(H,19,20). The number of nitrogens with zero attached hydrogens (tertiary/aromatic N) is 1. The quantitative estimate of drug-likeness (QED) is 0.875. The van der Waals surface area contributed by atoms with E-state index < -0.39 is 5.97 Å². The smallest absolute Gasteiger partial charge is 0.303 e. The van der Waals surface area contributed by atoms with Crippen molar-refractivity contribution in [2.24, 2.45) is 0 Å². The summed E-state index contributed by atoms with van der Waals surface area (Å²) in [7, 11) is 1.60. The number of carboxylic acids is 1. The van der Waals surface area contributed by atoms with Gasteiger partial charge in [0.25, 0.3) is 0 Å². The molecule has 0 fully saturated rings. The van der Waals surface area contributed by atoms with Crippen LogP contribution >= 0.6 is 0 Å². The van der Waals surface area contributed by atoms with Gasteiger partial charge in [-0.1, -0.05) is 12.1 Å². The van der Waals surface area contributed by atoms with Crippen LogP contribution in [0.1, 0.15) is 39.2 Å². The second-order valence-electron chi connectivity index (χ2n) is 5.89. The molecule has 1 aromatic carbocycles. The molecular formula is C16H23NO4. The summed E-state index contributed by atoms with van der Waals surface area (Å²) >= 11 is 0. The predicted octanol–water partition coefficient (Wildman–Crippen LogP) is 2.69. The van der Waals surface area contributed by atoms with Gasteiger partial charge in [0.1, 0.15) is 5.75 Å². The van der Waals surface area contributed by atoms with Gasteiger partial charge in [-0.2, -0.15) is 0 Å². The van der Waals surface area contributed by atoms with Crippen LogP contribution in [0.2, 0.25) is 0 Å². The van der Waals surface area contributed by atoms with Crippen LogP contribution in [0.15, 0.2) is 24.3 Å². The monoisotopic (exact) mass is 293 g/mol. The minimum Gasteiger partial charge on any atom is -0.497 e. The van der Waals surface area contributed by atoms with Gasteiger partial charge in [-0.05, 0) is 38.5 Å². The third-order valence-corrected chi connectivity index (χ3v) is 3.16. The van der Waals surface area contributed by atoms with Gasteiger partial charge in [0.05, 0.1) is 13.5 Å². The number of carbonyl (C=O) groups is 2. The maximum Gasteiger partial charge on any atom is 0.303 e. The number of rotatable bonds is 6. The van der Waals surface area contributed by atoms with E-state index >= 15 is 0 Å². The Labute approximate surface area is 125 Å². The Kier molecular flexibility index (Phi) is 5.76. The molecule has 21 heavy (non-hydrogen) atoms. The molecule has 116 valence electrons. The molecule has 1 amide bonds. The second kappa shape index (κ2) is 7.11. The Morgan fingerprint density at radius 3 is 2.14 bits per heavy atom. The second-order valence-corrected chi connectivity index (χ2v) is 5.89. The molecule has 0 atom stereocenters. The molecule has 0 saturated carbocycles. The number of ether oxygens (including phenoxy) is 1. The van der Waals surface area contributed by atoms with Crippen LogP contribution in [0, 0.1) is 0 Å². The molecule has 0 aromatic heterocycles. The summed E-state index contributed by atoms with van der Waals surface area (Å²) < 4.78 is 5.11. The highest BCUT2D eigenvalue weighted by Crippen LogP contribution is 2.20. The van der Waals surface area contributed by atoms with E-state index in [1.54, 1.807) is 12.0 Å². The molecule has 1 N–H and O–H groups in total. The lowest BCUT2D eigenvalue weighted by atomic mass is 10.0. The van der Waals surface area contributed by atoms with Crippen LogP contribution in [-0.2, 0) is 16.1 Å². The first-order valence-corrected chi connectivity index (χ1v) is 6.89. The normalized spacial score (nSPS) is 11.0. The summed E-state index contributed by atoms with van der Waals surface area (Å²) in [6.07, 6.45) is -0.128.